The minimum absolute atomic E-state index is 0.287. The van der Waals surface area contributed by atoms with Crippen molar-refractivity contribution < 1.29 is 9.53 Å². The quantitative estimate of drug-likeness (QED) is 0.650. The Morgan fingerprint density at radius 1 is 1.50 bits per heavy atom. The Kier molecular flexibility index (Phi) is 2.05. The molecule has 0 saturated heterocycles. The summed E-state index contributed by atoms with van der Waals surface area (Å²) in [5, 5.41) is 2.90. The molecule has 2 rings (SSSR count). The second-order valence-electron chi connectivity index (χ2n) is 5.08. The van der Waals surface area contributed by atoms with Crippen LogP contribution in [0.3, 0.4) is 0 Å². The lowest BCUT2D eigenvalue weighted by atomic mass is 10.2. The summed E-state index contributed by atoms with van der Waals surface area (Å²) in [6.45, 7) is 5.63. The summed E-state index contributed by atoms with van der Waals surface area (Å²) in [6, 6.07) is 0.329. The van der Waals surface area contributed by atoms with Gasteiger partial charge in [-0.1, -0.05) is 12.2 Å². The highest BCUT2D eigenvalue weighted by atomic mass is 16.6. The van der Waals surface area contributed by atoms with Gasteiger partial charge in [0.15, 0.2) is 0 Å². The van der Waals surface area contributed by atoms with Crippen LogP contribution in [-0.4, -0.2) is 17.7 Å². The van der Waals surface area contributed by atoms with Gasteiger partial charge in [-0.2, -0.15) is 0 Å². The second-order valence-corrected chi connectivity index (χ2v) is 5.08. The van der Waals surface area contributed by atoms with E-state index in [2.05, 4.69) is 17.5 Å². The molecule has 1 N–H and O–H groups in total. The molecule has 14 heavy (non-hydrogen) atoms. The number of amides is 1. The molecule has 0 aromatic heterocycles. The molecule has 0 aromatic carbocycles. The molecule has 0 radical (unpaired) electrons. The number of carbonyl (C=O) groups is 1. The van der Waals surface area contributed by atoms with E-state index in [0.29, 0.717) is 17.9 Å². The Balaban J connectivity index is 1.77. The zero-order chi connectivity index (χ0) is 10.3. The van der Waals surface area contributed by atoms with E-state index >= 15 is 0 Å². The first-order valence-electron chi connectivity index (χ1n) is 5.13. The van der Waals surface area contributed by atoms with Gasteiger partial charge in [0.2, 0.25) is 0 Å². The maximum atomic E-state index is 11.4. The summed E-state index contributed by atoms with van der Waals surface area (Å²) >= 11 is 0. The smallest absolute Gasteiger partial charge is 0.407 e. The van der Waals surface area contributed by atoms with Crippen molar-refractivity contribution in [1.82, 2.24) is 5.32 Å². The van der Waals surface area contributed by atoms with E-state index in [0.717, 1.165) is 6.42 Å². The number of alkyl carbamates (subject to hydrolysis) is 1. The van der Waals surface area contributed by atoms with E-state index in [1.807, 2.05) is 20.8 Å². The molecular formula is C11H17NO2. The lowest BCUT2D eigenvalue weighted by Crippen LogP contribution is -2.35. The van der Waals surface area contributed by atoms with Crippen molar-refractivity contribution in [3.63, 3.8) is 0 Å². The highest BCUT2D eigenvalue weighted by molar-refractivity contribution is 5.69. The molecule has 78 valence electrons. The first-order chi connectivity index (χ1) is 6.47. The average molecular weight is 195 g/mol. The predicted molar refractivity (Wildman–Crippen MR) is 53.9 cm³/mol. The van der Waals surface area contributed by atoms with E-state index in [9.17, 15) is 4.79 Å². The number of hydrogen-bond donors (Lipinski definition) is 1. The number of fused-ring (bicyclic) bond motifs is 1. The van der Waals surface area contributed by atoms with Crippen LogP contribution in [0.15, 0.2) is 12.2 Å². The van der Waals surface area contributed by atoms with Gasteiger partial charge in [0.25, 0.3) is 0 Å². The monoisotopic (exact) mass is 195 g/mol. The van der Waals surface area contributed by atoms with Crippen LogP contribution >= 0.6 is 0 Å². The molecule has 0 aromatic rings. The molecule has 3 heteroatoms. The molecule has 2 unspecified atom stereocenters. The number of ether oxygens (including phenoxy) is 1. The molecule has 0 spiro atoms. The van der Waals surface area contributed by atoms with Gasteiger partial charge < -0.3 is 10.1 Å². The maximum Gasteiger partial charge on any atom is 0.407 e. The normalized spacial score (nSPS) is 33.8. The van der Waals surface area contributed by atoms with Crippen molar-refractivity contribution in [2.24, 2.45) is 11.8 Å². The largest absolute Gasteiger partial charge is 0.444 e. The molecule has 1 amide bonds. The first-order valence-corrected chi connectivity index (χ1v) is 5.13. The van der Waals surface area contributed by atoms with Gasteiger partial charge in [0.1, 0.15) is 5.60 Å². The van der Waals surface area contributed by atoms with Crippen molar-refractivity contribution in [2.75, 3.05) is 0 Å². The number of carbonyl (C=O) groups excluding carboxylic acids is 1. The van der Waals surface area contributed by atoms with Gasteiger partial charge in [0.05, 0.1) is 0 Å². The summed E-state index contributed by atoms with van der Waals surface area (Å²) in [7, 11) is 0. The molecule has 3 nitrogen and oxygen atoms in total. The fourth-order valence-electron chi connectivity index (χ4n) is 2.01. The molecule has 0 heterocycles. The summed E-state index contributed by atoms with van der Waals surface area (Å²) in [4.78, 5) is 11.4. The maximum absolute atomic E-state index is 11.4. The van der Waals surface area contributed by atoms with Gasteiger partial charge in [-0.15, -0.1) is 0 Å². The molecular weight excluding hydrogens is 178 g/mol. The van der Waals surface area contributed by atoms with Gasteiger partial charge >= 0.3 is 6.09 Å². The number of nitrogens with one attached hydrogen (secondary N) is 1. The van der Waals surface area contributed by atoms with Crippen LogP contribution in [0, 0.1) is 11.8 Å². The van der Waals surface area contributed by atoms with Gasteiger partial charge in [-0.3, -0.25) is 0 Å². The van der Waals surface area contributed by atoms with E-state index in [1.54, 1.807) is 0 Å². The van der Waals surface area contributed by atoms with Crippen LogP contribution in [0.2, 0.25) is 0 Å². The van der Waals surface area contributed by atoms with Crippen LogP contribution in [0.1, 0.15) is 27.2 Å². The molecule has 2 aliphatic carbocycles. The lowest BCUT2D eigenvalue weighted by Gasteiger charge is -2.19. The van der Waals surface area contributed by atoms with Crippen molar-refractivity contribution in [1.29, 1.82) is 0 Å². The van der Waals surface area contributed by atoms with E-state index in [1.165, 1.54) is 0 Å². The average Bonchev–Trinajstić information content (AvgIpc) is 2.50. The number of allylic oxidation sites excluding steroid dienone is 1. The van der Waals surface area contributed by atoms with Crippen LogP contribution in [0.25, 0.3) is 0 Å². The molecule has 0 aliphatic heterocycles. The zero-order valence-electron chi connectivity index (χ0n) is 8.91. The van der Waals surface area contributed by atoms with Gasteiger partial charge in [0, 0.05) is 12.0 Å². The Hall–Kier alpha value is -0.990. The molecule has 3 atom stereocenters. The summed E-state index contributed by atoms with van der Waals surface area (Å²) < 4.78 is 5.18. The highest BCUT2D eigenvalue weighted by Gasteiger charge is 2.51. The Morgan fingerprint density at radius 3 is 2.71 bits per heavy atom. The standard InChI is InChI=1S/C11H17NO2/c1-11(2,3)14-10(13)12-9-7-5-4-6-8(7)9/h4-5,7-9H,6H2,1-3H3,(H,12,13)/t7?,8-,9?/m0/s1. The summed E-state index contributed by atoms with van der Waals surface area (Å²) in [5.41, 5.74) is -0.399. The fraction of sp³-hybridized carbons (Fsp3) is 0.727. The third-order valence-electron chi connectivity index (χ3n) is 2.68. The van der Waals surface area contributed by atoms with E-state index in [-0.39, 0.29) is 6.09 Å². The van der Waals surface area contributed by atoms with Crippen molar-refractivity contribution in [3.05, 3.63) is 12.2 Å². The fourth-order valence-corrected chi connectivity index (χ4v) is 2.01. The third kappa shape index (κ3) is 1.91. The third-order valence-corrected chi connectivity index (χ3v) is 2.68. The van der Waals surface area contributed by atoms with Crippen LogP contribution < -0.4 is 5.32 Å². The number of rotatable bonds is 1. The zero-order valence-corrected chi connectivity index (χ0v) is 8.91. The molecule has 1 saturated carbocycles. The van der Waals surface area contributed by atoms with Crippen LogP contribution in [-0.2, 0) is 4.74 Å². The number of hydrogen-bond acceptors (Lipinski definition) is 2. The van der Waals surface area contributed by atoms with Gasteiger partial charge in [-0.25, -0.2) is 4.79 Å². The minimum Gasteiger partial charge on any atom is -0.444 e. The summed E-state index contributed by atoms with van der Waals surface area (Å²) in [6.07, 6.45) is 5.19. The Labute approximate surface area is 84.5 Å². The van der Waals surface area contributed by atoms with E-state index < -0.39 is 5.60 Å². The van der Waals surface area contributed by atoms with Gasteiger partial charge in [-0.05, 0) is 33.1 Å². The van der Waals surface area contributed by atoms with Crippen LogP contribution in [0.4, 0.5) is 4.79 Å². The SMILES string of the molecule is CC(C)(C)OC(=O)NC1C2C=CC[C@@H]21. The minimum atomic E-state index is -0.399. The Bertz CT molecular complexity index is 278. The first kappa shape index (κ1) is 9.56. The van der Waals surface area contributed by atoms with Crippen molar-refractivity contribution in [2.45, 2.75) is 38.8 Å². The Morgan fingerprint density at radius 2 is 2.21 bits per heavy atom. The highest BCUT2D eigenvalue weighted by Crippen LogP contribution is 2.47. The molecule has 2 aliphatic rings. The summed E-state index contributed by atoms with van der Waals surface area (Å²) in [5.74, 6) is 1.21. The van der Waals surface area contributed by atoms with Crippen LogP contribution in [0.5, 0.6) is 0 Å². The van der Waals surface area contributed by atoms with E-state index in [4.69, 9.17) is 4.74 Å². The van der Waals surface area contributed by atoms with Crippen molar-refractivity contribution in [3.8, 4) is 0 Å². The lowest BCUT2D eigenvalue weighted by molar-refractivity contribution is 0.0519. The van der Waals surface area contributed by atoms with Crippen molar-refractivity contribution >= 4 is 6.09 Å². The second kappa shape index (κ2) is 3.01. The topological polar surface area (TPSA) is 38.3 Å². The molecule has 1 fully saturated rings. The predicted octanol–water partition coefficient (Wildman–Crippen LogP) is 2.09. The molecule has 0 bridgehead atoms.